The molecule has 1 heterocycles. The number of rotatable bonds is 1. The number of para-hydroxylation sites is 2. The summed E-state index contributed by atoms with van der Waals surface area (Å²) in [6.07, 6.45) is 0. The highest BCUT2D eigenvalue weighted by Gasteiger charge is 2.03. The minimum atomic E-state index is 0.335. The lowest BCUT2D eigenvalue weighted by Gasteiger charge is -2.05. The molecule has 0 unspecified atom stereocenters. The summed E-state index contributed by atoms with van der Waals surface area (Å²) in [6.45, 7) is 2.02. The first kappa shape index (κ1) is 16.9. The Morgan fingerprint density at radius 3 is 1.81 bits per heavy atom. The quantitative estimate of drug-likeness (QED) is 0.347. The van der Waals surface area contributed by atoms with Gasteiger partial charge in [-0.3, -0.25) is 0 Å². The van der Waals surface area contributed by atoms with Gasteiger partial charge in [-0.2, -0.15) is 0 Å². The molecule has 4 aromatic carbocycles. The fourth-order valence-corrected chi connectivity index (χ4v) is 3.30. The summed E-state index contributed by atoms with van der Waals surface area (Å²) in [5.41, 5.74) is 5.52. The minimum absolute atomic E-state index is 0.335. The molecular weight excluding hydrogens is 330 g/mol. The number of aromatic hydroxyl groups is 1. The van der Waals surface area contributed by atoms with Gasteiger partial charge >= 0.3 is 0 Å². The molecule has 5 rings (SSSR count). The standard InChI is InChI=1S/C13H12O.C12H9N/c1-10-7-8-13(14)12(9-10)11-5-3-2-4-6-11;1-3-7-11-9(5-1)10-6-2-4-8-12(10)13-11/h2-9,14H,1H3;1-8,13H. The van der Waals surface area contributed by atoms with Crippen LogP contribution in [0, 0.1) is 6.92 Å². The summed E-state index contributed by atoms with van der Waals surface area (Å²) < 4.78 is 0. The SMILES string of the molecule is Cc1ccc(O)c(-c2ccccc2)c1.c1ccc2c(c1)[nH]c1ccccc12. The van der Waals surface area contributed by atoms with E-state index in [1.54, 1.807) is 6.07 Å². The van der Waals surface area contributed by atoms with Gasteiger partial charge in [0.15, 0.2) is 0 Å². The molecule has 0 aliphatic rings. The molecule has 27 heavy (non-hydrogen) atoms. The van der Waals surface area contributed by atoms with Gasteiger partial charge < -0.3 is 10.1 Å². The lowest BCUT2D eigenvalue weighted by Crippen LogP contribution is -1.80. The third-order valence-corrected chi connectivity index (χ3v) is 4.65. The first-order valence-corrected chi connectivity index (χ1v) is 9.03. The molecule has 0 saturated carbocycles. The van der Waals surface area contributed by atoms with Crippen molar-refractivity contribution in [3.05, 3.63) is 103 Å². The average molecular weight is 351 g/mol. The highest BCUT2D eigenvalue weighted by Crippen LogP contribution is 2.29. The number of aromatic amines is 1. The summed E-state index contributed by atoms with van der Waals surface area (Å²) in [4.78, 5) is 3.38. The molecule has 0 amide bonds. The van der Waals surface area contributed by atoms with Crippen LogP contribution in [0.25, 0.3) is 32.9 Å². The zero-order valence-electron chi connectivity index (χ0n) is 15.2. The fraction of sp³-hybridized carbons (Fsp3) is 0.0400. The lowest BCUT2D eigenvalue weighted by molar-refractivity contribution is 0.477. The van der Waals surface area contributed by atoms with Gasteiger partial charge in [0.2, 0.25) is 0 Å². The summed E-state index contributed by atoms with van der Waals surface area (Å²) >= 11 is 0. The second-order valence-corrected chi connectivity index (χ2v) is 6.60. The number of H-pyrrole nitrogens is 1. The maximum atomic E-state index is 9.69. The van der Waals surface area contributed by atoms with E-state index in [1.165, 1.54) is 21.8 Å². The molecule has 1 aromatic heterocycles. The van der Waals surface area contributed by atoms with Crippen molar-refractivity contribution in [2.45, 2.75) is 6.92 Å². The Morgan fingerprint density at radius 2 is 1.19 bits per heavy atom. The van der Waals surface area contributed by atoms with E-state index >= 15 is 0 Å². The van der Waals surface area contributed by atoms with Crippen molar-refractivity contribution in [2.75, 3.05) is 0 Å². The summed E-state index contributed by atoms with van der Waals surface area (Å²) in [5, 5.41) is 12.3. The predicted octanol–water partition coefficient (Wildman–Crippen LogP) is 6.69. The van der Waals surface area contributed by atoms with Crippen LogP contribution in [0.3, 0.4) is 0 Å². The monoisotopic (exact) mass is 351 g/mol. The van der Waals surface area contributed by atoms with Crippen LogP contribution in [0.5, 0.6) is 5.75 Å². The molecular formula is C25H21NO. The minimum Gasteiger partial charge on any atom is -0.507 e. The van der Waals surface area contributed by atoms with Crippen molar-refractivity contribution in [2.24, 2.45) is 0 Å². The zero-order chi connectivity index (χ0) is 18.6. The highest BCUT2D eigenvalue weighted by atomic mass is 16.3. The molecule has 0 aliphatic heterocycles. The van der Waals surface area contributed by atoms with Gasteiger partial charge in [-0.25, -0.2) is 0 Å². The molecule has 2 heteroatoms. The van der Waals surface area contributed by atoms with E-state index in [4.69, 9.17) is 0 Å². The third-order valence-electron chi connectivity index (χ3n) is 4.65. The van der Waals surface area contributed by atoms with Gasteiger partial charge in [0, 0.05) is 27.4 Å². The van der Waals surface area contributed by atoms with Crippen molar-refractivity contribution in [3.63, 3.8) is 0 Å². The maximum absolute atomic E-state index is 9.69. The Bertz CT molecular complexity index is 1140. The highest BCUT2D eigenvalue weighted by molar-refractivity contribution is 6.06. The van der Waals surface area contributed by atoms with Crippen LogP contribution in [-0.4, -0.2) is 10.1 Å². The summed E-state index contributed by atoms with van der Waals surface area (Å²) in [6, 6.07) is 32.3. The van der Waals surface area contributed by atoms with E-state index in [-0.39, 0.29) is 0 Å². The van der Waals surface area contributed by atoms with Gasteiger partial charge in [-0.05, 0) is 36.8 Å². The average Bonchev–Trinajstić information content (AvgIpc) is 3.10. The zero-order valence-corrected chi connectivity index (χ0v) is 15.2. The van der Waals surface area contributed by atoms with Crippen LogP contribution >= 0.6 is 0 Å². The molecule has 5 aromatic rings. The maximum Gasteiger partial charge on any atom is 0.123 e. The number of nitrogens with one attached hydrogen (secondary N) is 1. The third kappa shape index (κ3) is 3.56. The van der Waals surface area contributed by atoms with Crippen LogP contribution < -0.4 is 0 Å². The summed E-state index contributed by atoms with van der Waals surface area (Å²) in [5.74, 6) is 0.335. The van der Waals surface area contributed by atoms with Crippen LogP contribution in [0.1, 0.15) is 5.56 Å². The lowest BCUT2D eigenvalue weighted by atomic mass is 10.0. The molecule has 0 bridgehead atoms. The van der Waals surface area contributed by atoms with Gasteiger partial charge in [0.05, 0.1) is 0 Å². The van der Waals surface area contributed by atoms with E-state index in [9.17, 15) is 5.11 Å². The van der Waals surface area contributed by atoms with Crippen LogP contribution in [0.15, 0.2) is 97.1 Å². The largest absolute Gasteiger partial charge is 0.507 e. The normalized spacial score (nSPS) is 10.6. The Labute approximate surface area is 158 Å². The Kier molecular flexibility index (Phi) is 4.63. The number of hydrogen-bond acceptors (Lipinski definition) is 1. The van der Waals surface area contributed by atoms with E-state index in [0.29, 0.717) is 5.75 Å². The first-order chi connectivity index (χ1) is 13.2. The van der Waals surface area contributed by atoms with E-state index in [1.807, 2.05) is 49.4 Å². The molecule has 0 aliphatic carbocycles. The molecule has 132 valence electrons. The number of aryl methyl sites for hydroxylation is 1. The van der Waals surface area contributed by atoms with Crippen molar-refractivity contribution in [1.29, 1.82) is 0 Å². The molecule has 2 N–H and O–H groups in total. The van der Waals surface area contributed by atoms with E-state index in [0.717, 1.165) is 16.7 Å². The first-order valence-electron chi connectivity index (χ1n) is 9.03. The van der Waals surface area contributed by atoms with Crippen LogP contribution in [0.2, 0.25) is 0 Å². The number of phenolic OH excluding ortho intramolecular Hbond substituents is 1. The van der Waals surface area contributed by atoms with Crippen molar-refractivity contribution in [3.8, 4) is 16.9 Å². The molecule has 0 saturated heterocycles. The summed E-state index contributed by atoms with van der Waals surface area (Å²) in [7, 11) is 0. The number of aromatic nitrogens is 1. The molecule has 0 fully saturated rings. The van der Waals surface area contributed by atoms with E-state index < -0.39 is 0 Å². The number of hydrogen-bond donors (Lipinski definition) is 2. The topological polar surface area (TPSA) is 36.0 Å². The molecule has 0 atom stereocenters. The fourth-order valence-electron chi connectivity index (χ4n) is 3.30. The number of phenols is 1. The number of benzene rings is 4. The van der Waals surface area contributed by atoms with Crippen molar-refractivity contribution in [1.82, 2.24) is 4.98 Å². The second-order valence-electron chi connectivity index (χ2n) is 6.60. The Morgan fingerprint density at radius 1 is 0.630 bits per heavy atom. The van der Waals surface area contributed by atoms with Gasteiger partial charge in [0.25, 0.3) is 0 Å². The van der Waals surface area contributed by atoms with Crippen molar-refractivity contribution >= 4 is 21.8 Å². The van der Waals surface area contributed by atoms with Crippen LogP contribution in [0.4, 0.5) is 0 Å². The van der Waals surface area contributed by atoms with Crippen LogP contribution in [-0.2, 0) is 0 Å². The number of fused-ring (bicyclic) bond motifs is 3. The second kappa shape index (κ2) is 7.38. The predicted molar refractivity (Wildman–Crippen MR) is 114 cm³/mol. The van der Waals surface area contributed by atoms with E-state index in [2.05, 4.69) is 53.5 Å². The molecule has 0 spiro atoms. The smallest absolute Gasteiger partial charge is 0.123 e. The van der Waals surface area contributed by atoms with Gasteiger partial charge in [0.1, 0.15) is 5.75 Å². The molecule has 0 radical (unpaired) electrons. The molecule has 2 nitrogen and oxygen atoms in total. The Hall–Kier alpha value is -3.52. The van der Waals surface area contributed by atoms with Crippen molar-refractivity contribution < 1.29 is 5.11 Å². The van der Waals surface area contributed by atoms with Gasteiger partial charge in [-0.15, -0.1) is 0 Å². The van der Waals surface area contributed by atoms with Gasteiger partial charge in [-0.1, -0.05) is 78.4 Å². The Balaban J connectivity index is 0.000000134.